The first-order chi connectivity index (χ1) is 9.81. The van der Waals surface area contributed by atoms with E-state index in [1.54, 1.807) is 0 Å². The van der Waals surface area contributed by atoms with Gasteiger partial charge in [-0.2, -0.15) is 13.2 Å². The summed E-state index contributed by atoms with van der Waals surface area (Å²) in [5.41, 5.74) is -0.645. The molecule has 2 aromatic carbocycles. The van der Waals surface area contributed by atoms with E-state index in [2.05, 4.69) is 31.9 Å². The maximum atomic E-state index is 13.1. The zero-order valence-electron chi connectivity index (χ0n) is 10.3. The Balaban J connectivity index is 2.34. The zero-order valence-corrected chi connectivity index (χ0v) is 13.5. The van der Waals surface area contributed by atoms with E-state index >= 15 is 0 Å². The third-order valence-corrected chi connectivity index (χ3v) is 3.87. The molecule has 0 N–H and O–H groups in total. The molecule has 0 aromatic heterocycles. The summed E-state index contributed by atoms with van der Waals surface area (Å²) in [7, 11) is 0. The summed E-state index contributed by atoms with van der Waals surface area (Å²) in [6.07, 6.45) is -4.47. The van der Waals surface area contributed by atoms with Crippen molar-refractivity contribution in [2.24, 2.45) is 0 Å². The molecule has 0 heterocycles. The van der Waals surface area contributed by atoms with E-state index in [0.29, 0.717) is 0 Å². The number of alkyl halides is 4. The van der Waals surface area contributed by atoms with Crippen molar-refractivity contribution in [3.8, 4) is 11.5 Å². The third kappa shape index (κ3) is 3.97. The van der Waals surface area contributed by atoms with E-state index in [4.69, 9.17) is 4.74 Å². The fraction of sp³-hybridized carbons (Fsp3) is 0.143. The second kappa shape index (κ2) is 6.36. The SMILES string of the molecule is Fc1ccc(Oc2ccc(CBr)c(C(F)(F)F)c2)cc1Br. The van der Waals surface area contributed by atoms with Gasteiger partial charge in [-0.3, -0.25) is 0 Å². The predicted molar refractivity (Wildman–Crippen MR) is 78.2 cm³/mol. The summed E-state index contributed by atoms with van der Waals surface area (Å²) >= 11 is 6.01. The fourth-order valence-corrected chi connectivity index (χ4v) is 2.52. The Morgan fingerprint density at radius 1 is 1.00 bits per heavy atom. The summed E-state index contributed by atoms with van der Waals surface area (Å²) < 4.78 is 57.4. The zero-order chi connectivity index (χ0) is 15.6. The van der Waals surface area contributed by atoms with Crippen molar-refractivity contribution in [2.45, 2.75) is 11.5 Å². The van der Waals surface area contributed by atoms with Crippen LogP contribution in [0.15, 0.2) is 40.9 Å². The molecule has 0 saturated heterocycles. The molecular formula is C14H8Br2F4O. The molecule has 0 aliphatic rings. The molecule has 0 amide bonds. The molecule has 2 aromatic rings. The van der Waals surface area contributed by atoms with Crippen LogP contribution in [0.4, 0.5) is 17.6 Å². The van der Waals surface area contributed by atoms with Gasteiger partial charge in [0.25, 0.3) is 0 Å². The molecule has 0 bridgehead atoms. The van der Waals surface area contributed by atoms with Crippen molar-refractivity contribution >= 4 is 31.9 Å². The van der Waals surface area contributed by atoms with Crippen LogP contribution < -0.4 is 4.74 Å². The van der Waals surface area contributed by atoms with Crippen molar-refractivity contribution in [1.29, 1.82) is 0 Å². The molecule has 7 heteroatoms. The summed E-state index contributed by atoms with van der Waals surface area (Å²) in [5.74, 6) is -0.207. The van der Waals surface area contributed by atoms with Crippen LogP contribution in [0.25, 0.3) is 0 Å². The van der Waals surface area contributed by atoms with Gasteiger partial charge in [-0.15, -0.1) is 0 Å². The first-order valence-corrected chi connectivity index (χ1v) is 7.61. The Morgan fingerprint density at radius 3 is 2.19 bits per heavy atom. The van der Waals surface area contributed by atoms with Gasteiger partial charge in [-0.25, -0.2) is 4.39 Å². The molecule has 0 spiro atoms. The topological polar surface area (TPSA) is 9.23 Å². The molecule has 2 rings (SSSR count). The van der Waals surface area contributed by atoms with Crippen LogP contribution in [0, 0.1) is 5.82 Å². The van der Waals surface area contributed by atoms with Crippen LogP contribution in [0.2, 0.25) is 0 Å². The minimum absolute atomic E-state index is 0.0329. The number of hydrogen-bond acceptors (Lipinski definition) is 1. The summed E-state index contributed by atoms with van der Waals surface area (Å²) in [6, 6.07) is 7.55. The second-order valence-electron chi connectivity index (χ2n) is 4.13. The first kappa shape index (κ1) is 16.3. The lowest BCUT2D eigenvalue weighted by Crippen LogP contribution is -2.08. The van der Waals surface area contributed by atoms with E-state index in [1.165, 1.54) is 24.3 Å². The maximum Gasteiger partial charge on any atom is 0.416 e. The number of halogens is 6. The average Bonchev–Trinajstić information content (AvgIpc) is 2.42. The lowest BCUT2D eigenvalue weighted by atomic mass is 10.1. The largest absolute Gasteiger partial charge is 0.457 e. The molecule has 0 atom stereocenters. The first-order valence-electron chi connectivity index (χ1n) is 5.70. The Bertz CT molecular complexity index is 656. The molecular weight excluding hydrogens is 420 g/mol. The Morgan fingerprint density at radius 2 is 1.62 bits per heavy atom. The highest BCUT2D eigenvalue weighted by molar-refractivity contribution is 9.10. The van der Waals surface area contributed by atoms with Crippen LogP contribution in [-0.4, -0.2) is 0 Å². The molecule has 1 nitrogen and oxygen atoms in total. The van der Waals surface area contributed by atoms with Crippen molar-refractivity contribution in [3.63, 3.8) is 0 Å². The van der Waals surface area contributed by atoms with Gasteiger partial charge >= 0.3 is 6.18 Å². The molecule has 112 valence electrons. The molecule has 0 saturated carbocycles. The molecule has 0 unspecified atom stereocenters. The highest BCUT2D eigenvalue weighted by Gasteiger charge is 2.33. The van der Waals surface area contributed by atoms with Gasteiger partial charge in [0.1, 0.15) is 17.3 Å². The van der Waals surface area contributed by atoms with Gasteiger partial charge in [0.05, 0.1) is 10.0 Å². The minimum Gasteiger partial charge on any atom is -0.457 e. The van der Waals surface area contributed by atoms with E-state index in [9.17, 15) is 17.6 Å². The highest BCUT2D eigenvalue weighted by atomic mass is 79.9. The van der Waals surface area contributed by atoms with Crippen LogP contribution in [0.5, 0.6) is 11.5 Å². The monoisotopic (exact) mass is 426 g/mol. The standard InChI is InChI=1S/C14H8Br2F4O/c15-7-8-1-2-9(5-11(8)14(18,19)20)21-10-3-4-13(17)12(16)6-10/h1-6H,7H2. The van der Waals surface area contributed by atoms with E-state index in [0.717, 1.165) is 12.1 Å². The third-order valence-electron chi connectivity index (χ3n) is 2.66. The molecule has 0 fully saturated rings. The van der Waals surface area contributed by atoms with Crippen molar-refractivity contribution < 1.29 is 22.3 Å². The molecule has 21 heavy (non-hydrogen) atoms. The lowest BCUT2D eigenvalue weighted by Gasteiger charge is -2.14. The average molecular weight is 428 g/mol. The van der Waals surface area contributed by atoms with E-state index in [-0.39, 0.29) is 26.9 Å². The quantitative estimate of drug-likeness (QED) is 0.413. The molecule has 0 aliphatic carbocycles. The van der Waals surface area contributed by atoms with Crippen molar-refractivity contribution in [2.75, 3.05) is 0 Å². The van der Waals surface area contributed by atoms with E-state index < -0.39 is 17.6 Å². The van der Waals surface area contributed by atoms with Gasteiger partial charge in [0.15, 0.2) is 0 Å². The van der Waals surface area contributed by atoms with E-state index in [1.807, 2.05) is 0 Å². The fourth-order valence-electron chi connectivity index (χ4n) is 1.68. The Labute approximate surface area is 135 Å². The number of hydrogen-bond donors (Lipinski definition) is 0. The molecule has 0 radical (unpaired) electrons. The van der Waals surface area contributed by atoms with Gasteiger partial charge in [-0.1, -0.05) is 22.0 Å². The maximum absolute atomic E-state index is 13.1. The smallest absolute Gasteiger partial charge is 0.416 e. The van der Waals surface area contributed by atoms with Crippen LogP contribution in [0.3, 0.4) is 0 Å². The normalized spacial score (nSPS) is 11.5. The minimum atomic E-state index is -4.47. The van der Waals surface area contributed by atoms with Gasteiger partial charge in [0, 0.05) is 5.33 Å². The van der Waals surface area contributed by atoms with Gasteiger partial charge in [0.2, 0.25) is 0 Å². The predicted octanol–water partition coefficient (Wildman–Crippen LogP) is 6.29. The van der Waals surface area contributed by atoms with Gasteiger partial charge < -0.3 is 4.74 Å². The number of benzene rings is 2. The second-order valence-corrected chi connectivity index (χ2v) is 5.54. The summed E-state index contributed by atoms with van der Waals surface area (Å²) in [6.45, 7) is 0. The van der Waals surface area contributed by atoms with Gasteiger partial charge in [-0.05, 0) is 51.8 Å². The highest BCUT2D eigenvalue weighted by Crippen LogP contribution is 2.36. The van der Waals surface area contributed by atoms with Crippen molar-refractivity contribution in [3.05, 3.63) is 57.8 Å². The van der Waals surface area contributed by atoms with Crippen LogP contribution in [-0.2, 0) is 11.5 Å². The van der Waals surface area contributed by atoms with Crippen LogP contribution >= 0.6 is 31.9 Å². The molecule has 0 aliphatic heterocycles. The lowest BCUT2D eigenvalue weighted by molar-refractivity contribution is -0.138. The summed E-state index contributed by atoms with van der Waals surface area (Å²) in [5, 5.41) is 0.0875. The van der Waals surface area contributed by atoms with Crippen molar-refractivity contribution in [1.82, 2.24) is 0 Å². The summed E-state index contributed by atoms with van der Waals surface area (Å²) in [4.78, 5) is 0. The Hall–Kier alpha value is -1.08. The Kier molecular flexibility index (Phi) is 4.93. The van der Waals surface area contributed by atoms with Crippen LogP contribution in [0.1, 0.15) is 11.1 Å². The number of rotatable bonds is 3. The number of ether oxygens (including phenoxy) is 1.